The van der Waals surface area contributed by atoms with E-state index in [0.29, 0.717) is 60.0 Å². The predicted octanol–water partition coefficient (Wildman–Crippen LogP) is 8.33. The molecule has 0 bridgehead atoms. The van der Waals surface area contributed by atoms with Gasteiger partial charge in [0.05, 0.1) is 38.8 Å². The number of alkyl halides is 3. The van der Waals surface area contributed by atoms with Gasteiger partial charge >= 0.3 is 6.18 Å². The second kappa shape index (κ2) is 17.6. The van der Waals surface area contributed by atoms with Crippen LogP contribution in [0, 0.1) is 5.92 Å². The number of nitrogens with zero attached hydrogens (tertiary/aromatic N) is 4. The van der Waals surface area contributed by atoms with Crippen LogP contribution in [0.25, 0.3) is 6.08 Å². The molecule has 0 N–H and O–H groups in total. The molecule has 296 valence electrons. The molecule has 3 aromatic carbocycles. The largest absolute Gasteiger partial charge is 0.493 e. The minimum absolute atomic E-state index is 0.0833. The fourth-order valence-corrected chi connectivity index (χ4v) is 7.96. The minimum atomic E-state index is -4.47. The van der Waals surface area contributed by atoms with Gasteiger partial charge in [0, 0.05) is 36.5 Å². The molecule has 1 amide bonds. The van der Waals surface area contributed by atoms with E-state index >= 15 is 0 Å². The average Bonchev–Trinajstić information content (AvgIpc) is 3.84. The van der Waals surface area contributed by atoms with Crippen molar-refractivity contribution in [3.63, 3.8) is 0 Å². The molecule has 3 heterocycles. The lowest BCUT2D eigenvalue weighted by molar-refractivity contribution is -0.137. The second-order valence-electron chi connectivity index (χ2n) is 14.4. The number of amides is 1. The monoisotopic (exact) mass is 770 g/mol. The summed E-state index contributed by atoms with van der Waals surface area (Å²) in [5.74, 6) is 1.07. The maximum Gasteiger partial charge on any atom is 0.416 e. The standard InChI is InChI=1S/C44H49F3N4O5/c1-5-6-8-16-36-28-48-41(51(36)29-31-12-11-15-35(25-31)44(45,46)47)39(52)32-17-21-49(22-18-32)23-19-43(34-13-9-7-10-14-34)20-24-50(30-43)42(53)33-26-37(54-2)40(56-4)38(27-33)55-3/h5-16,25-28,32H,17-24,29-30H2,1-4H3. The van der Waals surface area contributed by atoms with Gasteiger partial charge in [-0.1, -0.05) is 60.7 Å². The van der Waals surface area contributed by atoms with Gasteiger partial charge < -0.3 is 28.6 Å². The minimum Gasteiger partial charge on any atom is -0.493 e. The van der Waals surface area contributed by atoms with Crippen molar-refractivity contribution in [3.05, 3.63) is 125 Å². The number of hydrogen-bond donors (Lipinski definition) is 0. The number of aromatic nitrogens is 2. The van der Waals surface area contributed by atoms with Crippen LogP contribution >= 0.6 is 0 Å². The van der Waals surface area contributed by atoms with Gasteiger partial charge in [-0.25, -0.2) is 4.98 Å². The quantitative estimate of drug-likeness (QED) is 0.0942. The highest BCUT2D eigenvalue weighted by Gasteiger charge is 2.42. The zero-order valence-corrected chi connectivity index (χ0v) is 32.4. The van der Waals surface area contributed by atoms with Gasteiger partial charge in [0.1, 0.15) is 0 Å². The molecule has 2 aliphatic heterocycles. The van der Waals surface area contributed by atoms with Crippen LogP contribution in [-0.4, -0.2) is 85.1 Å². The molecular weight excluding hydrogens is 722 g/mol. The number of halogens is 3. The maximum absolute atomic E-state index is 14.0. The van der Waals surface area contributed by atoms with Crippen LogP contribution in [0.15, 0.2) is 91.2 Å². The number of piperidine rings is 1. The zero-order chi connectivity index (χ0) is 39.9. The average molecular weight is 771 g/mol. The van der Waals surface area contributed by atoms with E-state index in [2.05, 4.69) is 22.0 Å². The first-order valence-electron chi connectivity index (χ1n) is 18.9. The lowest BCUT2D eigenvalue weighted by Crippen LogP contribution is -2.41. The molecule has 6 rings (SSSR count). The molecule has 0 saturated carbocycles. The van der Waals surface area contributed by atoms with Crippen LogP contribution in [0.1, 0.15) is 76.0 Å². The van der Waals surface area contributed by atoms with E-state index in [0.717, 1.165) is 44.6 Å². The third-order valence-corrected chi connectivity index (χ3v) is 11.1. The first kappa shape index (κ1) is 40.3. The van der Waals surface area contributed by atoms with Crippen molar-refractivity contribution in [2.45, 2.75) is 50.7 Å². The van der Waals surface area contributed by atoms with Gasteiger partial charge in [0.2, 0.25) is 11.5 Å². The smallest absolute Gasteiger partial charge is 0.416 e. The molecule has 2 fully saturated rings. The molecule has 1 unspecified atom stereocenters. The van der Waals surface area contributed by atoms with Gasteiger partial charge in [-0.2, -0.15) is 13.2 Å². The van der Waals surface area contributed by atoms with Gasteiger partial charge in [-0.15, -0.1) is 0 Å². The molecule has 0 aliphatic carbocycles. The number of carbonyl (C=O) groups excluding carboxylic acids is 2. The summed E-state index contributed by atoms with van der Waals surface area (Å²) in [5.41, 5.74) is 1.75. The number of imidazole rings is 1. The molecule has 12 heteroatoms. The maximum atomic E-state index is 14.0. The molecular formula is C44H49F3N4O5. The summed E-state index contributed by atoms with van der Waals surface area (Å²) >= 11 is 0. The number of benzene rings is 3. The number of allylic oxidation sites excluding steroid dienone is 3. The Bertz CT molecular complexity index is 2030. The Kier molecular flexibility index (Phi) is 12.7. The fraction of sp³-hybridized carbons (Fsp3) is 0.386. The number of rotatable bonds is 14. The Labute approximate surface area is 326 Å². The Morgan fingerprint density at radius 3 is 2.27 bits per heavy atom. The highest BCUT2D eigenvalue weighted by Crippen LogP contribution is 2.42. The number of methoxy groups -OCH3 is 3. The highest BCUT2D eigenvalue weighted by molar-refractivity contribution is 5.96. The van der Waals surface area contributed by atoms with E-state index in [9.17, 15) is 22.8 Å². The lowest BCUT2D eigenvalue weighted by Gasteiger charge is -2.36. The summed E-state index contributed by atoms with van der Waals surface area (Å²) in [6, 6.07) is 18.9. The van der Waals surface area contributed by atoms with Crippen molar-refractivity contribution in [1.29, 1.82) is 0 Å². The van der Waals surface area contributed by atoms with Crippen LogP contribution in [0.4, 0.5) is 13.2 Å². The summed E-state index contributed by atoms with van der Waals surface area (Å²) in [5, 5.41) is 0. The molecule has 9 nitrogen and oxygen atoms in total. The van der Waals surface area contributed by atoms with Crippen LogP contribution in [-0.2, 0) is 18.1 Å². The summed E-state index contributed by atoms with van der Waals surface area (Å²) < 4.78 is 58.8. The van der Waals surface area contributed by atoms with E-state index in [1.165, 1.54) is 33.0 Å². The highest BCUT2D eigenvalue weighted by atomic mass is 19.4. The summed E-state index contributed by atoms with van der Waals surface area (Å²) in [6.07, 6.45) is 7.40. The molecule has 1 atom stereocenters. The summed E-state index contributed by atoms with van der Waals surface area (Å²) in [4.78, 5) is 36.8. The number of ether oxygens (including phenoxy) is 3. The number of ketones is 1. The molecule has 56 heavy (non-hydrogen) atoms. The second-order valence-corrected chi connectivity index (χ2v) is 14.4. The summed E-state index contributed by atoms with van der Waals surface area (Å²) in [6.45, 7) is 5.36. The topological polar surface area (TPSA) is 86.1 Å². The zero-order valence-electron chi connectivity index (χ0n) is 32.4. The van der Waals surface area contributed by atoms with Gasteiger partial charge in [0.15, 0.2) is 17.3 Å². The van der Waals surface area contributed by atoms with Crippen LogP contribution < -0.4 is 14.2 Å². The molecule has 2 saturated heterocycles. The van der Waals surface area contributed by atoms with E-state index in [1.807, 2.05) is 54.3 Å². The predicted molar refractivity (Wildman–Crippen MR) is 209 cm³/mol. The Balaban J connectivity index is 1.14. The van der Waals surface area contributed by atoms with Crippen LogP contribution in [0.3, 0.4) is 0 Å². The van der Waals surface area contributed by atoms with E-state index < -0.39 is 11.7 Å². The molecule has 1 aromatic heterocycles. The van der Waals surface area contributed by atoms with E-state index in [-0.39, 0.29) is 35.4 Å². The van der Waals surface area contributed by atoms with Crippen molar-refractivity contribution in [2.75, 3.05) is 54.1 Å². The molecule has 4 aromatic rings. The number of likely N-dealkylation sites (tertiary alicyclic amines) is 2. The normalized spacial score (nSPS) is 18.2. The molecule has 2 aliphatic rings. The molecule has 0 radical (unpaired) electrons. The fourth-order valence-electron chi connectivity index (χ4n) is 7.96. The number of Topliss-reactive ketones (excluding diaryl/α,β-unsaturated/α-hetero) is 1. The van der Waals surface area contributed by atoms with Crippen LogP contribution in [0.5, 0.6) is 17.2 Å². The van der Waals surface area contributed by atoms with Crippen molar-refractivity contribution >= 4 is 17.8 Å². The van der Waals surface area contributed by atoms with Gasteiger partial charge in [-0.3, -0.25) is 9.59 Å². The number of hydrogen-bond acceptors (Lipinski definition) is 7. The van der Waals surface area contributed by atoms with Crippen molar-refractivity contribution in [1.82, 2.24) is 19.4 Å². The van der Waals surface area contributed by atoms with Crippen LogP contribution in [0.2, 0.25) is 0 Å². The Morgan fingerprint density at radius 2 is 1.62 bits per heavy atom. The van der Waals surface area contributed by atoms with Crippen molar-refractivity contribution < 1.29 is 37.0 Å². The summed E-state index contributed by atoms with van der Waals surface area (Å²) in [7, 11) is 4.59. The third-order valence-electron chi connectivity index (χ3n) is 11.1. The SMILES string of the molecule is CC=CC=Cc1cnc(C(=O)C2CCN(CCC3(c4ccccc4)CCN(C(=O)c4cc(OC)c(OC)c(OC)c4)C3)CC2)n1Cc1cccc(C(F)(F)F)c1. The number of carbonyl (C=O) groups is 2. The van der Waals surface area contributed by atoms with Crippen molar-refractivity contribution in [2.24, 2.45) is 5.92 Å². The van der Waals surface area contributed by atoms with E-state index in [4.69, 9.17) is 14.2 Å². The molecule has 0 spiro atoms. The first-order valence-corrected chi connectivity index (χ1v) is 18.9. The van der Waals surface area contributed by atoms with Crippen molar-refractivity contribution in [3.8, 4) is 17.2 Å². The third kappa shape index (κ3) is 8.86. The Morgan fingerprint density at radius 1 is 0.911 bits per heavy atom. The first-order chi connectivity index (χ1) is 27.0. The van der Waals surface area contributed by atoms with E-state index in [1.54, 1.807) is 29.0 Å². The van der Waals surface area contributed by atoms with Gasteiger partial charge in [-0.05, 0) is 93.7 Å². The lowest BCUT2D eigenvalue weighted by atomic mass is 9.76. The Hall–Kier alpha value is -5.36. The van der Waals surface area contributed by atoms with Gasteiger partial charge in [0.25, 0.3) is 5.91 Å².